The van der Waals surface area contributed by atoms with Crippen molar-refractivity contribution in [3.8, 4) is 5.75 Å². The van der Waals surface area contributed by atoms with E-state index in [2.05, 4.69) is 56.4 Å². The Morgan fingerprint density at radius 2 is 2.11 bits per heavy atom. The van der Waals surface area contributed by atoms with Crippen LogP contribution in [-0.4, -0.2) is 38.2 Å². The fraction of sp³-hybridized carbons (Fsp3) is 0.600. The summed E-state index contributed by atoms with van der Waals surface area (Å²) in [4.78, 5) is 2.22. The normalized spacial score (nSPS) is 12.7. The van der Waals surface area contributed by atoms with Crippen LogP contribution in [-0.2, 0) is 6.54 Å². The topological polar surface area (TPSA) is 24.5 Å². The third-order valence-electron chi connectivity index (χ3n) is 3.02. The molecule has 0 radical (unpaired) electrons. The van der Waals surface area contributed by atoms with Gasteiger partial charge in [-0.15, -0.1) is 0 Å². The van der Waals surface area contributed by atoms with Crippen molar-refractivity contribution >= 4 is 0 Å². The van der Waals surface area contributed by atoms with Gasteiger partial charge >= 0.3 is 0 Å². The molecule has 1 aromatic carbocycles. The van der Waals surface area contributed by atoms with Crippen LogP contribution >= 0.6 is 0 Å². The maximum atomic E-state index is 5.63. The van der Waals surface area contributed by atoms with Crippen LogP contribution < -0.4 is 10.1 Å². The van der Waals surface area contributed by atoms with E-state index in [-0.39, 0.29) is 0 Å². The highest BCUT2D eigenvalue weighted by Gasteiger charge is 2.03. The Morgan fingerprint density at radius 1 is 1.33 bits per heavy atom. The Labute approximate surface area is 111 Å². The molecule has 3 heteroatoms. The van der Waals surface area contributed by atoms with Gasteiger partial charge in [0.2, 0.25) is 0 Å². The molecule has 3 nitrogen and oxygen atoms in total. The summed E-state index contributed by atoms with van der Waals surface area (Å²) in [5.74, 6) is 0.969. The molecule has 0 bridgehead atoms. The minimum Gasteiger partial charge on any atom is -0.494 e. The van der Waals surface area contributed by atoms with Gasteiger partial charge in [0.15, 0.2) is 0 Å². The van der Waals surface area contributed by atoms with Gasteiger partial charge in [-0.1, -0.05) is 19.1 Å². The van der Waals surface area contributed by atoms with Crippen LogP contribution in [0.3, 0.4) is 0 Å². The van der Waals surface area contributed by atoms with Crippen molar-refractivity contribution in [3.05, 3.63) is 29.8 Å². The first kappa shape index (κ1) is 15.0. The molecule has 0 aliphatic carbocycles. The van der Waals surface area contributed by atoms with E-state index in [1.807, 2.05) is 6.07 Å². The second kappa shape index (κ2) is 8.11. The number of hydrogen-bond acceptors (Lipinski definition) is 3. The fourth-order valence-corrected chi connectivity index (χ4v) is 1.57. The summed E-state index contributed by atoms with van der Waals surface area (Å²) < 4.78 is 5.63. The number of nitrogens with zero attached hydrogens (tertiary/aromatic N) is 1. The van der Waals surface area contributed by atoms with Gasteiger partial charge in [-0.05, 0) is 45.1 Å². The van der Waals surface area contributed by atoms with E-state index in [0.29, 0.717) is 6.04 Å². The lowest BCUT2D eigenvalue weighted by atomic mass is 10.2. The summed E-state index contributed by atoms with van der Waals surface area (Å²) in [7, 11) is 4.21. The van der Waals surface area contributed by atoms with Crippen molar-refractivity contribution in [3.63, 3.8) is 0 Å². The first-order valence-electron chi connectivity index (χ1n) is 6.72. The maximum absolute atomic E-state index is 5.63. The maximum Gasteiger partial charge on any atom is 0.119 e. The van der Waals surface area contributed by atoms with E-state index in [4.69, 9.17) is 4.74 Å². The van der Waals surface area contributed by atoms with Gasteiger partial charge < -0.3 is 15.0 Å². The van der Waals surface area contributed by atoms with Crippen LogP contribution in [0.25, 0.3) is 0 Å². The van der Waals surface area contributed by atoms with Crippen molar-refractivity contribution in [1.29, 1.82) is 0 Å². The number of ether oxygens (including phenoxy) is 1. The van der Waals surface area contributed by atoms with Crippen molar-refractivity contribution in [2.45, 2.75) is 32.9 Å². The molecule has 1 aromatic rings. The van der Waals surface area contributed by atoms with Crippen LogP contribution in [0.15, 0.2) is 24.3 Å². The monoisotopic (exact) mass is 250 g/mol. The van der Waals surface area contributed by atoms with Crippen LogP contribution in [0, 0.1) is 0 Å². The predicted molar refractivity (Wildman–Crippen MR) is 77.1 cm³/mol. The van der Waals surface area contributed by atoms with Crippen molar-refractivity contribution in [2.75, 3.05) is 27.2 Å². The minimum atomic E-state index is 0.546. The number of benzene rings is 1. The lowest BCUT2D eigenvalue weighted by molar-refractivity contribution is 0.302. The number of likely N-dealkylation sites (N-methyl/N-ethyl adjacent to an activating group) is 1. The van der Waals surface area contributed by atoms with Crippen molar-refractivity contribution in [2.24, 2.45) is 0 Å². The van der Waals surface area contributed by atoms with E-state index in [1.54, 1.807) is 0 Å². The van der Waals surface area contributed by atoms with Gasteiger partial charge in [0.05, 0.1) is 6.61 Å². The minimum absolute atomic E-state index is 0.546. The molecule has 1 atom stereocenters. The Hall–Kier alpha value is -1.06. The van der Waals surface area contributed by atoms with Gasteiger partial charge in [-0.25, -0.2) is 0 Å². The first-order chi connectivity index (χ1) is 8.63. The molecule has 0 spiro atoms. The number of rotatable bonds is 8. The summed E-state index contributed by atoms with van der Waals surface area (Å²) in [5.41, 5.74) is 1.27. The van der Waals surface area contributed by atoms with Gasteiger partial charge in [0.1, 0.15) is 5.75 Å². The smallest absolute Gasteiger partial charge is 0.119 e. The zero-order valence-corrected chi connectivity index (χ0v) is 12.1. The zero-order chi connectivity index (χ0) is 13.4. The molecule has 18 heavy (non-hydrogen) atoms. The SMILES string of the molecule is CCCOc1cccc(CNCC(C)N(C)C)c1. The van der Waals surface area contributed by atoms with Gasteiger partial charge in [-0.3, -0.25) is 0 Å². The van der Waals surface area contributed by atoms with Crippen LogP contribution in [0.4, 0.5) is 0 Å². The number of hydrogen-bond donors (Lipinski definition) is 1. The molecule has 0 fully saturated rings. The molecule has 0 aromatic heterocycles. The van der Waals surface area contributed by atoms with Gasteiger partial charge in [-0.2, -0.15) is 0 Å². The quantitative estimate of drug-likeness (QED) is 0.767. The highest BCUT2D eigenvalue weighted by atomic mass is 16.5. The zero-order valence-electron chi connectivity index (χ0n) is 12.1. The molecule has 1 unspecified atom stereocenters. The Balaban J connectivity index is 2.37. The van der Waals surface area contributed by atoms with Gasteiger partial charge in [0.25, 0.3) is 0 Å². The highest BCUT2D eigenvalue weighted by molar-refractivity contribution is 5.28. The molecule has 0 saturated heterocycles. The van der Waals surface area contributed by atoms with Gasteiger partial charge in [0, 0.05) is 19.1 Å². The highest BCUT2D eigenvalue weighted by Crippen LogP contribution is 2.13. The molecule has 0 aliphatic heterocycles. The third-order valence-corrected chi connectivity index (χ3v) is 3.02. The molecule has 0 heterocycles. The lowest BCUT2D eigenvalue weighted by Gasteiger charge is -2.20. The van der Waals surface area contributed by atoms with E-state index >= 15 is 0 Å². The van der Waals surface area contributed by atoms with Crippen molar-refractivity contribution < 1.29 is 4.74 Å². The average molecular weight is 250 g/mol. The van der Waals surface area contributed by atoms with E-state index in [9.17, 15) is 0 Å². The molecular weight excluding hydrogens is 224 g/mol. The summed E-state index contributed by atoms with van der Waals surface area (Å²) in [6.07, 6.45) is 1.04. The third kappa shape index (κ3) is 5.52. The fourth-order valence-electron chi connectivity index (χ4n) is 1.57. The standard InChI is InChI=1S/C15H26N2O/c1-5-9-18-15-8-6-7-14(10-15)12-16-11-13(2)17(3)4/h6-8,10,13,16H,5,9,11-12H2,1-4H3. The molecule has 0 aliphatic rings. The Bertz CT molecular complexity index is 339. The first-order valence-corrected chi connectivity index (χ1v) is 6.72. The van der Waals surface area contributed by atoms with E-state index in [0.717, 1.165) is 31.9 Å². The average Bonchev–Trinajstić information content (AvgIpc) is 2.36. The van der Waals surface area contributed by atoms with E-state index in [1.165, 1.54) is 5.56 Å². The summed E-state index contributed by atoms with van der Waals surface area (Å²) in [6, 6.07) is 8.86. The second-order valence-electron chi connectivity index (χ2n) is 4.94. The van der Waals surface area contributed by atoms with E-state index < -0.39 is 0 Å². The Morgan fingerprint density at radius 3 is 2.78 bits per heavy atom. The van der Waals surface area contributed by atoms with Crippen LogP contribution in [0.5, 0.6) is 5.75 Å². The molecule has 0 amide bonds. The Kier molecular flexibility index (Phi) is 6.76. The van der Waals surface area contributed by atoms with Crippen molar-refractivity contribution in [1.82, 2.24) is 10.2 Å². The van der Waals surface area contributed by atoms with Crippen LogP contribution in [0.2, 0.25) is 0 Å². The molecule has 1 rings (SSSR count). The summed E-state index contributed by atoms with van der Waals surface area (Å²) in [6.45, 7) is 7.00. The molecule has 102 valence electrons. The summed E-state index contributed by atoms with van der Waals surface area (Å²) in [5, 5.41) is 3.47. The molecular formula is C15H26N2O. The van der Waals surface area contributed by atoms with Crippen LogP contribution in [0.1, 0.15) is 25.8 Å². The second-order valence-corrected chi connectivity index (χ2v) is 4.94. The lowest BCUT2D eigenvalue weighted by Crippen LogP contribution is -2.35. The predicted octanol–water partition coefficient (Wildman–Crippen LogP) is 2.52. The largest absolute Gasteiger partial charge is 0.494 e. The summed E-state index contributed by atoms with van der Waals surface area (Å²) >= 11 is 0. The molecule has 1 N–H and O–H groups in total. The molecule has 0 saturated carbocycles. The number of nitrogens with one attached hydrogen (secondary N) is 1.